The molecule has 0 aliphatic rings. The number of nitrogens with zero attached hydrogens (tertiary/aromatic N) is 1. The summed E-state index contributed by atoms with van der Waals surface area (Å²) in [4.78, 5) is 2.17. The van der Waals surface area contributed by atoms with E-state index in [4.69, 9.17) is 17.2 Å². The molecular formula is C6H18CuN4+2. The number of hydrogen-bond donors (Lipinski definition) is 3. The van der Waals surface area contributed by atoms with Crippen molar-refractivity contribution in [2.75, 3.05) is 39.3 Å². The minimum absolute atomic E-state index is 0. The standard InChI is InChI=1S/C6H18N4.Cu/c7-1-4-10(5-2-8)6-3-9;/h1-9H2;/q;+2. The third kappa shape index (κ3) is 8.26. The zero-order chi connectivity index (χ0) is 7.82. The molecule has 0 aliphatic carbocycles. The van der Waals surface area contributed by atoms with Crippen molar-refractivity contribution in [3.63, 3.8) is 0 Å². The maximum Gasteiger partial charge on any atom is 2.00 e. The van der Waals surface area contributed by atoms with E-state index >= 15 is 0 Å². The van der Waals surface area contributed by atoms with Crippen LogP contribution in [-0.2, 0) is 17.1 Å². The molecule has 0 fully saturated rings. The first-order chi connectivity index (χ1) is 4.85. The van der Waals surface area contributed by atoms with Gasteiger partial charge in [0.2, 0.25) is 0 Å². The molecule has 0 saturated carbocycles. The number of hydrogen-bond acceptors (Lipinski definition) is 4. The molecule has 5 heteroatoms. The summed E-state index contributed by atoms with van der Waals surface area (Å²) in [7, 11) is 0. The van der Waals surface area contributed by atoms with Crippen LogP contribution in [0.3, 0.4) is 0 Å². The summed E-state index contributed by atoms with van der Waals surface area (Å²) >= 11 is 0. The van der Waals surface area contributed by atoms with E-state index in [1.807, 2.05) is 0 Å². The second-order valence-corrected chi connectivity index (χ2v) is 2.21. The van der Waals surface area contributed by atoms with Gasteiger partial charge in [-0.3, -0.25) is 4.90 Å². The minimum atomic E-state index is 0. The van der Waals surface area contributed by atoms with Crippen molar-refractivity contribution in [3.8, 4) is 0 Å². The van der Waals surface area contributed by atoms with Crippen LogP contribution in [0.5, 0.6) is 0 Å². The zero-order valence-electron chi connectivity index (χ0n) is 6.72. The van der Waals surface area contributed by atoms with Crippen molar-refractivity contribution >= 4 is 0 Å². The topological polar surface area (TPSA) is 81.3 Å². The third-order valence-electron chi connectivity index (χ3n) is 1.34. The molecule has 71 valence electrons. The molecule has 0 unspecified atom stereocenters. The van der Waals surface area contributed by atoms with Crippen LogP contribution in [0.15, 0.2) is 0 Å². The molecule has 0 amide bonds. The van der Waals surface area contributed by atoms with E-state index in [-0.39, 0.29) is 17.1 Å². The Hall–Kier alpha value is 0.359. The predicted molar refractivity (Wildman–Crippen MR) is 43.6 cm³/mol. The van der Waals surface area contributed by atoms with Crippen molar-refractivity contribution in [3.05, 3.63) is 0 Å². The van der Waals surface area contributed by atoms with E-state index in [1.54, 1.807) is 0 Å². The summed E-state index contributed by atoms with van der Waals surface area (Å²) in [5.41, 5.74) is 16.1. The molecular weight excluding hydrogens is 192 g/mol. The van der Waals surface area contributed by atoms with E-state index in [9.17, 15) is 0 Å². The van der Waals surface area contributed by atoms with Gasteiger partial charge < -0.3 is 17.2 Å². The summed E-state index contributed by atoms with van der Waals surface area (Å²) in [5, 5.41) is 0. The van der Waals surface area contributed by atoms with Gasteiger partial charge in [-0.15, -0.1) is 0 Å². The van der Waals surface area contributed by atoms with E-state index in [0.29, 0.717) is 19.6 Å². The van der Waals surface area contributed by atoms with Crippen LogP contribution in [0.25, 0.3) is 0 Å². The van der Waals surface area contributed by atoms with Gasteiger partial charge in [0, 0.05) is 39.3 Å². The van der Waals surface area contributed by atoms with Crippen LogP contribution >= 0.6 is 0 Å². The summed E-state index contributed by atoms with van der Waals surface area (Å²) in [6.45, 7) is 4.73. The fraction of sp³-hybridized carbons (Fsp3) is 1.00. The molecule has 0 aromatic carbocycles. The first-order valence-corrected chi connectivity index (χ1v) is 3.67. The van der Waals surface area contributed by atoms with Gasteiger partial charge in [-0.2, -0.15) is 0 Å². The van der Waals surface area contributed by atoms with Gasteiger partial charge in [0.1, 0.15) is 0 Å². The molecule has 0 rings (SSSR count). The van der Waals surface area contributed by atoms with Gasteiger partial charge in [0.25, 0.3) is 0 Å². The SMILES string of the molecule is NCCN(CCN)CCN.[Cu+2]. The van der Waals surface area contributed by atoms with Crippen LogP contribution < -0.4 is 17.2 Å². The molecule has 6 N–H and O–H groups in total. The Morgan fingerprint density at radius 1 is 0.727 bits per heavy atom. The van der Waals surface area contributed by atoms with Crippen LogP contribution in [0, 0.1) is 0 Å². The molecule has 0 saturated heterocycles. The predicted octanol–water partition coefficient (Wildman–Crippen LogP) is -1.84. The summed E-state index contributed by atoms with van der Waals surface area (Å²) < 4.78 is 0. The van der Waals surface area contributed by atoms with Crippen LogP contribution in [-0.4, -0.2) is 44.2 Å². The second kappa shape index (κ2) is 10.4. The van der Waals surface area contributed by atoms with Gasteiger partial charge in [-0.05, 0) is 0 Å². The molecule has 11 heavy (non-hydrogen) atoms. The molecule has 0 aromatic heterocycles. The van der Waals surface area contributed by atoms with E-state index in [0.717, 1.165) is 19.6 Å². The molecule has 0 aromatic rings. The Morgan fingerprint density at radius 3 is 1.18 bits per heavy atom. The Morgan fingerprint density at radius 2 is 1.00 bits per heavy atom. The molecule has 0 bridgehead atoms. The first-order valence-electron chi connectivity index (χ1n) is 3.67. The van der Waals surface area contributed by atoms with Crippen LogP contribution in [0.1, 0.15) is 0 Å². The maximum absolute atomic E-state index is 5.37. The monoisotopic (exact) mass is 209 g/mol. The average Bonchev–Trinajstić information content (AvgIpc) is 1.90. The van der Waals surface area contributed by atoms with Gasteiger partial charge in [-0.25, -0.2) is 0 Å². The molecule has 0 heterocycles. The first kappa shape index (κ1) is 13.9. The van der Waals surface area contributed by atoms with Crippen LogP contribution in [0.4, 0.5) is 0 Å². The van der Waals surface area contributed by atoms with Gasteiger partial charge in [-0.1, -0.05) is 0 Å². The minimum Gasteiger partial charge on any atom is -0.329 e. The van der Waals surface area contributed by atoms with E-state index < -0.39 is 0 Å². The average molecular weight is 210 g/mol. The van der Waals surface area contributed by atoms with Gasteiger partial charge in [0.05, 0.1) is 0 Å². The van der Waals surface area contributed by atoms with E-state index in [2.05, 4.69) is 4.90 Å². The largest absolute Gasteiger partial charge is 2.00 e. The molecule has 1 radical (unpaired) electrons. The molecule has 0 aliphatic heterocycles. The second-order valence-electron chi connectivity index (χ2n) is 2.21. The maximum atomic E-state index is 5.37. The number of nitrogens with two attached hydrogens (primary N) is 3. The van der Waals surface area contributed by atoms with Crippen LogP contribution in [0.2, 0.25) is 0 Å². The Kier molecular flexibility index (Phi) is 13.1. The number of rotatable bonds is 6. The van der Waals surface area contributed by atoms with Crippen molar-refractivity contribution in [2.24, 2.45) is 17.2 Å². The van der Waals surface area contributed by atoms with E-state index in [1.165, 1.54) is 0 Å². The van der Waals surface area contributed by atoms with Gasteiger partial charge >= 0.3 is 17.1 Å². The normalized spacial score (nSPS) is 9.82. The Bertz CT molecular complexity index is 57.3. The smallest absolute Gasteiger partial charge is 0.329 e. The molecule has 0 atom stereocenters. The molecule has 0 spiro atoms. The van der Waals surface area contributed by atoms with Crippen molar-refractivity contribution in [1.82, 2.24) is 4.90 Å². The third-order valence-corrected chi connectivity index (χ3v) is 1.34. The zero-order valence-corrected chi connectivity index (χ0v) is 7.67. The van der Waals surface area contributed by atoms with Crippen molar-refractivity contribution in [1.29, 1.82) is 0 Å². The quantitative estimate of drug-likeness (QED) is 0.450. The molecule has 4 nitrogen and oxygen atoms in total. The fourth-order valence-electron chi connectivity index (χ4n) is 0.883. The van der Waals surface area contributed by atoms with Crippen molar-refractivity contribution in [2.45, 2.75) is 0 Å². The fourth-order valence-corrected chi connectivity index (χ4v) is 0.883. The summed E-state index contributed by atoms with van der Waals surface area (Å²) in [5.74, 6) is 0. The summed E-state index contributed by atoms with van der Waals surface area (Å²) in [6.07, 6.45) is 0. The Labute approximate surface area is 78.9 Å². The van der Waals surface area contributed by atoms with Gasteiger partial charge in [0.15, 0.2) is 0 Å². The summed E-state index contributed by atoms with van der Waals surface area (Å²) in [6, 6.07) is 0. The Balaban J connectivity index is 0. The van der Waals surface area contributed by atoms with Crippen molar-refractivity contribution < 1.29 is 17.1 Å².